The van der Waals surface area contributed by atoms with E-state index in [0.29, 0.717) is 5.56 Å². The van der Waals surface area contributed by atoms with Crippen LogP contribution < -0.4 is 10.6 Å². The van der Waals surface area contributed by atoms with E-state index in [1.54, 1.807) is 20.8 Å². The molecule has 0 fully saturated rings. The van der Waals surface area contributed by atoms with Gasteiger partial charge in [-0.2, -0.15) is 0 Å². The van der Waals surface area contributed by atoms with Crippen molar-refractivity contribution in [2.75, 3.05) is 13.2 Å². The first-order valence-corrected chi connectivity index (χ1v) is 11.7. The van der Waals surface area contributed by atoms with Gasteiger partial charge in [-0.25, -0.2) is 4.79 Å². The lowest BCUT2D eigenvalue weighted by molar-refractivity contribution is -0.143. The molecule has 3 N–H and O–H groups in total. The molecule has 8 heteroatoms. The quantitative estimate of drug-likeness (QED) is 0.467. The minimum atomic E-state index is -0.954. The van der Waals surface area contributed by atoms with E-state index < -0.39 is 29.7 Å². The molecule has 0 aliphatic carbocycles. The van der Waals surface area contributed by atoms with Crippen LogP contribution in [-0.4, -0.2) is 58.8 Å². The van der Waals surface area contributed by atoms with Crippen molar-refractivity contribution in [2.45, 2.75) is 91.5 Å². The molecule has 1 rings (SSSR count). The van der Waals surface area contributed by atoms with E-state index >= 15 is 0 Å². The summed E-state index contributed by atoms with van der Waals surface area (Å²) in [6.07, 6.45) is 1.84. The highest BCUT2D eigenvalue weighted by molar-refractivity contribution is 5.92. The molecule has 1 aromatic rings. The number of rotatable bonds is 11. The van der Waals surface area contributed by atoms with Crippen LogP contribution in [0.2, 0.25) is 0 Å². The number of alkyl carbamates (subject to hydrolysis) is 1. The van der Waals surface area contributed by atoms with Crippen LogP contribution in [0.4, 0.5) is 4.79 Å². The third kappa shape index (κ3) is 9.42. The smallest absolute Gasteiger partial charge is 0.408 e. The fourth-order valence-corrected chi connectivity index (χ4v) is 3.50. The number of hydrogen-bond acceptors (Lipinski definition) is 5. The number of nitrogens with zero attached hydrogens (tertiary/aromatic N) is 1. The van der Waals surface area contributed by atoms with Crippen molar-refractivity contribution < 1.29 is 24.2 Å². The van der Waals surface area contributed by atoms with Crippen molar-refractivity contribution in [3.8, 4) is 0 Å². The molecule has 0 aliphatic heterocycles. The van der Waals surface area contributed by atoms with Crippen molar-refractivity contribution in [1.82, 2.24) is 15.5 Å². The molecule has 0 aliphatic rings. The molecule has 0 radical (unpaired) electrons. The Morgan fingerprint density at radius 1 is 1.06 bits per heavy atom. The predicted octanol–water partition coefficient (Wildman–Crippen LogP) is 3.33. The van der Waals surface area contributed by atoms with Gasteiger partial charge >= 0.3 is 6.09 Å². The number of aliphatic hydroxyl groups excluding tert-OH is 1. The molecule has 8 nitrogen and oxygen atoms in total. The lowest BCUT2D eigenvalue weighted by Crippen LogP contribution is -2.53. The predicted molar refractivity (Wildman–Crippen MR) is 129 cm³/mol. The molecule has 0 saturated carbocycles. The van der Waals surface area contributed by atoms with Gasteiger partial charge in [0.1, 0.15) is 17.7 Å². The zero-order chi connectivity index (χ0) is 25.2. The van der Waals surface area contributed by atoms with Crippen LogP contribution in [0.1, 0.15) is 78.5 Å². The van der Waals surface area contributed by atoms with Crippen molar-refractivity contribution in [3.63, 3.8) is 0 Å². The van der Waals surface area contributed by atoms with Crippen LogP contribution >= 0.6 is 0 Å². The number of carbonyl (C=O) groups excluding carboxylic acids is 3. The second kappa shape index (κ2) is 13.2. The van der Waals surface area contributed by atoms with Gasteiger partial charge in [0.25, 0.3) is 0 Å². The van der Waals surface area contributed by atoms with Gasteiger partial charge in [0.2, 0.25) is 11.8 Å². The van der Waals surface area contributed by atoms with Crippen LogP contribution in [0.5, 0.6) is 0 Å². The Morgan fingerprint density at radius 2 is 1.67 bits per heavy atom. The molecule has 0 spiro atoms. The number of benzene rings is 1. The Bertz CT molecular complexity index is 773. The van der Waals surface area contributed by atoms with Gasteiger partial charge in [0, 0.05) is 12.6 Å². The van der Waals surface area contributed by atoms with Gasteiger partial charge in [0.15, 0.2) is 0 Å². The molecule has 0 saturated heterocycles. The van der Waals surface area contributed by atoms with E-state index in [9.17, 15) is 19.5 Å². The average molecular weight is 464 g/mol. The van der Waals surface area contributed by atoms with Crippen molar-refractivity contribution >= 4 is 17.9 Å². The summed E-state index contributed by atoms with van der Waals surface area (Å²) in [6.45, 7) is 12.3. The van der Waals surface area contributed by atoms with Crippen LogP contribution in [0.25, 0.3) is 0 Å². The van der Waals surface area contributed by atoms with Gasteiger partial charge in [-0.15, -0.1) is 0 Å². The summed E-state index contributed by atoms with van der Waals surface area (Å²) in [6, 6.07) is 5.55. The summed E-state index contributed by atoms with van der Waals surface area (Å²) in [5.41, 5.74) is 1.04. The number of aryl methyl sites for hydroxylation is 1. The molecular weight excluding hydrogens is 422 g/mol. The van der Waals surface area contributed by atoms with E-state index in [2.05, 4.69) is 10.6 Å². The number of amides is 3. The lowest BCUT2D eigenvalue weighted by atomic mass is 10.00. The van der Waals surface area contributed by atoms with Crippen LogP contribution in [-0.2, 0) is 20.7 Å². The molecule has 0 bridgehead atoms. The molecule has 3 unspecified atom stereocenters. The average Bonchev–Trinajstić information content (AvgIpc) is 2.72. The summed E-state index contributed by atoms with van der Waals surface area (Å²) < 4.78 is 5.25. The van der Waals surface area contributed by atoms with E-state index in [0.717, 1.165) is 24.8 Å². The largest absolute Gasteiger partial charge is 0.444 e. The van der Waals surface area contributed by atoms with Crippen molar-refractivity contribution in [3.05, 3.63) is 35.4 Å². The third-order valence-electron chi connectivity index (χ3n) is 5.10. The van der Waals surface area contributed by atoms with Gasteiger partial charge in [0.05, 0.1) is 6.61 Å². The molecule has 3 amide bonds. The molecule has 0 heterocycles. The van der Waals surface area contributed by atoms with Gasteiger partial charge in [-0.3, -0.25) is 9.59 Å². The minimum absolute atomic E-state index is 0.0606. The Hall–Kier alpha value is -2.61. The van der Waals surface area contributed by atoms with E-state index in [-0.39, 0.29) is 25.1 Å². The van der Waals surface area contributed by atoms with Crippen molar-refractivity contribution in [2.24, 2.45) is 0 Å². The van der Waals surface area contributed by atoms with Crippen LogP contribution in [0.3, 0.4) is 0 Å². The normalized spacial score (nSPS) is 14.1. The summed E-state index contributed by atoms with van der Waals surface area (Å²) in [5.74, 6) is -0.816. The summed E-state index contributed by atoms with van der Waals surface area (Å²) >= 11 is 0. The highest BCUT2D eigenvalue weighted by atomic mass is 16.6. The van der Waals surface area contributed by atoms with Gasteiger partial charge in [-0.05, 0) is 58.6 Å². The second-order valence-corrected chi connectivity index (χ2v) is 9.32. The number of nitrogens with one attached hydrogen (secondary N) is 2. The van der Waals surface area contributed by atoms with Crippen molar-refractivity contribution in [1.29, 1.82) is 0 Å². The Balaban J connectivity index is 3.25. The standard InChI is InChI=1S/C25H41N3O5/c1-8-10-17(3)26-22(30)21(20-13-11-19(9-2)12-14-20)28(15-16-29)23(31)18(4)27-24(32)33-25(5,6)7/h11-14,17-18,21,29H,8-10,15-16H2,1-7H3,(H,26,30)(H,27,32). The van der Waals surface area contributed by atoms with E-state index in [1.807, 2.05) is 45.0 Å². The molecule has 186 valence electrons. The molecule has 0 aromatic heterocycles. The fourth-order valence-electron chi connectivity index (χ4n) is 3.50. The van der Waals surface area contributed by atoms with Gasteiger partial charge in [-0.1, -0.05) is 44.5 Å². The highest BCUT2D eigenvalue weighted by Crippen LogP contribution is 2.23. The summed E-state index contributed by atoms with van der Waals surface area (Å²) in [5, 5.41) is 15.2. The maximum atomic E-state index is 13.4. The minimum Gasteiger partial charge on any atom is -0.444 e. The SMILES string of the molecule is CCCC(C)NC(=O)C(c1ccc(CC)cc1)N(CCO)C(=O)C(C)NC(=O)OC(C)(C)C. The second-order valence-electron chi connectivity index (χ2n) is 9.32. The first-order chi connectivity index (χ1) is 15.4. The Labute approximate surface area is 198 Å². The third-order valence-corrected chi connectivity index (χ3v) is 5.10. The molecule has 1 aromatic carbocycles. The number of ether oxygens (including phenoxy) is 1. The maximum Gasteiger partial charge on any atom is 0.408 e. The first-order valence-electron chi connectivity index (χ1n) is 11.7. The topological polar surface area (TPSA) is 108 Å². The number of carbonyl (C=O) groups is 3. The Morgan fingerprint density at radius 3 is 2.15 bits per heavy atom. The highest BCUT2D eigenvalue weighted by Gasteiger charge is 2.34. The van der Waals surface area contributed by atoms with E-state index in [1.165, 1.54) is 11.8 Å². The zero-order valence-electron chi connectivity index (χ0n) is 21.1. The van der Waals surface area contributed by atoms with Gasteiger partial charge < -0.3 is 25.4 Å². The first kappa shape index (κ1) is 28.4. The fraction of sp³-hybridized carbons (Fsp3) is 0.640. The number of hydrogen-bond donors (Lipinski definition) is 3. The number of aliphatic hydroxyl groups is 1. The molecular formula is C25H41N3O5. The Kier molecular flexibility index (Phi) is 11.4. The monoisotopic (exact) mass is 463 g/mol. The zero-order valence-corrected chi connectivity index (χ0v) is 21.1. The molecule has 33 heavy (non-hydrogen) atoms. The molecule has 3 atom stereocenters. The summed E-state index contributed by atoms with van der Waals surface area (Å²) in [4.78, 5) is 40.2. The van der Waals surface area contributed by atoms with Crippen LogP contribution in [0, 0.1) is 0 Å². The van der Waals surface area contributed by atoms with Crippen LogP contribution in [0.15, 0.2) is 24.3 Å². The lowest BCUT2D eigenvalue weighted by Gasteiger charge is -2.34. The maximum absolute atomic E-state index is 13.4. The van der Waals surface area contributed by atoms with E-state index in [4.69, 9.17) is 4.74 Å². The summed E-state index contributed by atoms with van der Waals surface area (Å²) in [7, 11) is 0.